The van der Waals surface area contributed by atoms with Crippen LogP contribution in [0.5, 0.6) is 0 Å². The van der Waals surface area contributed by atoms with Gasteiger partial charge in [0.05, 0.1) is 18.8 Å². The fraction of sp³-hybridized carbons (Fsp3) is 0.409. The second-order valence-electron chi connectivity index (χ2n) is 7.68. The van der Waals surface area contributed by atoms with Crippen molar-refractivity contribution < 1.29 is 0 Å². The minimum Gasteiger partial charge on any atom is -0.349 e. The Kier molecular flexibility index (Phi) is 4.68. The van der Waals surface area contributed by atoms with Gasteiger partial charge in [-0.1, -0.05) is 44.2 Å². The minimum atomic E-state index is 0.468. The van der Waals surface area contributed by atoms with Gasteiger partial charge < -0.3 is 4.57 Å². The number of nitrogens with zero attached hydrogens (tertiary/aromatic N) is 4. The number of rotatable bonds is 5. The molecule has 0 aliphatic carbocycles. The SMILES string of the molecule is Cc1c(CN2CCn3cccc3[C@@H]2C(C)C)cnn1Cc1ccccc1. The van der Waals surface area contributed by atoms with Gasteiger partial charge in [-0.2, -0.15) is 5.10 Å². The molecule has 0 saturated carbocycles. The topological polar surface area (TPSA) is 26.0 Å². The van der Waals surface area contributed by atoms with E-state index in [0.717, 1.165) is 26.2 Å². The minimum absolute atomic E-state index is 0.468. The first kappa shape index (κ1) is 17.1. The lowest BCUT2D eigenvalue weighted by molar-refractivity contribution is 0.111. The van der Waals surface area contributed by atoms with Gasteiger partial charge in [-0.05, 0) is 30.5 Å². The highest BCUT2D eigenvalue weighted by atomic mass is 15.3. The van der Waals surface area contributed by atoms with Crippen molar-refractivity contribution in [3.8, 4) is 0 Å². The van der Waals surface area contributed by atoms with Crippen molar-refractivity contribution in [3.05, 3.63) is 77.4 Å². The van der Waals surface area contributed by atoms with Crippen LogP contribution in [-0.2, 0) is 19.6 Å². The zero-order valence-corrected chi connectivity index (χ0v) is 16.0. The number of fused-ring (bicyclic) bond motifs is 1. The summed E-state index contributed by atoms with van der Waals surface area (Å²) < 4.78 is 4.54. The molecule has 0 N–H and O–H groups in total. The van der Waals surface area contributed by atoms with E-state index in [1.807, 2.05) is 0 Å². The molecule has 0 fully saturated rings. The maximum atomic E-state index is 4.67. The number of hydrogen-bond donors (Lipinski definition) is 0. The van der Waals surface area contributed by atoms with E-state index in [0.29, 0.717) is 12.0 Å². The van der Waals surface area contributed by atoms with Crippen LogP contribution in [0.4, 0.5) is 0 Å². The Bertz CT molecular complexity index is 859. The van der Waals surface area contributed by atoms with E-state index in [1.165, 1.54) is 22.5 Å². The molecule has 0 bridgehead atoms. The second-order valence-corrected chi connectivity index (χ2v) is 7.68. The smallest absolute Gasteiger partial charge is 0.0662 e. The molecule has 0 spiro atoms. The van der Waals surface area contributed by atoms with Crippen LogP contribution in [0.1, 0.15) is 42.4 Å². The van der Waals surface area contributed by atoms with Gasteiger partial charge in [0.25, 0.3) is 0 Å². The third-order valence-corrected chi connectivity index (χ3v) is 5.57. The van der Waals surface area contributed by atoms with E-state index in [9.17, 15) is 0 Å². The maximum Gasteiger partial charge on any atom is 0.0662 e. The Morgan fingerprint density at radius 2 is 1.85 bits per heavy atom. The lowest BCUT2D eigenvalue weighted by atomic mass is 9.96. The predicted molar refractivity (Wildman–Crippen MR) is 105 cm³/mol. The molecule has 0 unspecified atom stereocenters. The van der Waals surface area contributed by atoms with Crippen molar-refractivity contribution in [3.63, 3.8) is 0 Å². The van der Waals surface area contributed by atoms with Crippen molar-refractivity contribution in [2.75, 3.05) is 6.54 Å². The van der Waals surface area contributed by atoms with E-state index in [4.69, 9.17) is 0 Å². The summed E-state index contributed by atoms with van der Waals surface area (Å²) >= 11 is 0. The van der Waals surface area contributed by atoms with E-state index < -0.39 is 0 Å². The van der Waals surface area contributed by atoms with Crippen LogP contribution >= 0.6 is 0 Å². The largest absolute Gasteiger partial charge is 0.349 e. The highest BCUT2D eigenvalue weighted by Gasteiger charge is 2.30. The second kappa shape index (κ2) is 7.12. The Hall–Kier alpha value is -2.33. The summed E-state index contributed by atoms with van der Waals surface area (Å²) in [6, 6.07) is 15.5. The summed E-state index contributed by atoms with van der Waals surface area (Å²) in [4.78, 5) is 2.62. The van der Waals surface area contributed by atoms with Gasteiger partial charge in [0.15, 0.2) is 0 Å². The standard InChI is InChI=1S/C22H28N4/c1-17(2)22-21-10-7-11-24(21)12-13-25(22)16-20-14-23-26(18(20)3)15-19-8-5-4-6-9-19/h4-11,14,17,22H,12-13,15-16H2,1-3H3/t22-/m0/s1. The summed E-state index contributed by atoms with van der Waals surface area (Å²) in [6.45, 7) is 10.8. The van der Waals surface area contributed by atoms with Crippen LogP contribution < -0.4 is 0 Å². The summed E-state index contributed by atoms with van der Waals surface area (Å²) in [7, 11) is 0. The first-order valence-corrected chi connectivity index (χ1v) is 9.58. The molecule has 4 heteroatoms. The third kappa shape index (κ3) is 3.21. The first-order chi connectivity index (χ1) is 12.6. The van der Waals surface area contributed by atoms with Crippen molar-refractivity contribution >= 4 is 0 Å². The van der Waals surface area contributed by atoms with Gasteiger partial charge in [-0.15, -0.1) is 0 Å². The Balaban J connectivity index is 1.54. The molecule has 0 saturated heterocycles. The molecule has 1 atom stereocenters. The van der Waals surface area contributed by atoms with E-state index in [2.05, 4.69) is 94.9 Å². The molecular weight excluding hydrogens is 320 g/mol. The molecule has 26 heavy (non-hydrogen) atoms. The fourth-order valence-corrected chi connectivity index (χ4v) is 4.18. The zero-order valence-electron chi connectivity index (χ0n) is 16.0. The highest BCUT2D eigenvalue weighted by molar-refractivity contribution is 5.22. The normalized spacial score (nSPS) is 17.6. The summed E-state index contributed by atoms with van der Waals surface area (Å²) in [5.41, 5.74) is 5.35. The molecule has 1 aliphatic heterocycles. The molecule has 3 heterocycles. The number of benzene rings is 1. The lowest BCUT2D eigenvalue weighted by Gasteiger charge is -2.39. The van der Waals surface area contributed by atoms with Crippen LogP contribution in [0.3, 0.4) is 0 Å². The van der Waals surface area contributed by atoms with Crippen LogP contribution in [0.2, 0.25) is 0 Å². The molecule has 3 aromatic rings. The molecule has 0 amide bonds. The van der Waals surface area contributed by atoms with E-state index >= 15 is 0 Å². The third-order valence-electron chi connectivity index (χ3n) is 5.57. The monoisotopic (exact) mass is 348 g/mol. The summed E-state index contributed by atoms with van der Waals surface area (Å²) in [5, 5.41) is 4.67. The molecule has 1 aliphatic rings. The quantitative estimate of drug-likeness (QED) is 0.689. The van der Waals surface area contributed by atoms with Gasteiger partial charge >= 0.3 is 0 Å². The van der Waals surface area contributed by atoms with Gasteiger partial charge in [0.2, 0.25) is 0 Å². The summed E-state index contributed by atoms with van der Waals surface area (Å²) in [6.07, 6.45) is 4.27. The molecular formula is C22H28N4. The van der Waals surface area contributed by atoms with Crippen LogP contribution in [0.15, 0.2) is 54.9 Å². The van der Waals surface area contributed by atoms with Crippen LogP contribution in [0.25, 0.3) is 0 Å². The first-order valence-electron chi connectivity index (χ1n) is 9.58. The van der Waals surface area contributed by atoms with E-state index in [-0.39, 0.29) is 0 Å². The lowest BCUT2D eigenvalue weighted by Crippen LogP contribution is -2.39. The zero-order chi connectivity index (χ0) is 18.1. The van der Waals surface area contributed by atoms with Gasteiger partial charge in [-0.25, -0.2) is 0 Å². The number of hydrogen-bond acceptors (Lipinski definition) is 2. The predicted octanol–water partition coefficient (Wildman–Crippen LogP) is 4.25. The van der Waals surface area contributed by atoms with E-state index in [1.54, 1.807) is 0 Å². The molecule has 1 aromatic carbocycles. The molecule has 4 rings (SSSR count). The molecule has 0 radical (unpaired) electrons. The van der Waals surface area contributed by atoms with Crippen molar-refractivity contribution in [2.24, 2.45) is 5.92 Å². The van der Waals surface area contributed by atoms with Crippen LogP contribution in [0, 0.1) is 12.8 Å². The Morgan fingerprint density at radius 3 is 2.62 bits per heavy atom. The van der Waals surface area contributed by atoms with Crippen molar-refractivity contribution in [1.82, 2.24) is 19.2 Å². The average molecular weight is 348 g/mol. The average Bonchev–Trinajstić information content (AvgIpc) is 3.24. The highest BCUT2D eigenvalue weighted by Crippen LogP contribution is 2.33. The Labute approximate surface area is 156 Å². The molecule has 136 valence electrons. The Morgan fingerprint density at radius 1 is 1.04 bits per heavy atom. The van der Waals surface area contributed by atoms with Crippen LogP contribution in [-0.4, -0.2) is 25.8 Å². The van der Waals surface area contributed by atoms with Gasteiger partial charge in [-0.3, -0.25) is 9.58 Å². The molecule has 2 aromatic heterocycles. The van der Waals surface area contributed by atoms with Crippen molar-refractivity contribution in [1.29, 1.82) is 0 Å². The maximum absolute atomic E-state index is 4.67. The van der Waals surface area contributed by atoms with Crippen molar-refractivity contribution in [2.45, 2.75) is 46.4 Å². The van der Waals surface area contributed by atoms with Gasteiger partial charge in [0, 0.05) is 42.8 Å². The molecule has 4 nitrogen and oxygen atoms in total. The summed E-state index contributed by atoms with van der Waals surface area (Å²) in [5.74, 6) is 0.587. The van der Waals surface area contributed by atoms with Gasteiger partial charge in [0.1, 0.15) is 0 Å². The number of aromatic nitrogens is 3. The fourth-order valence-electron chi connectivity index (χ4n) is 4.18.